The minimum atomic E-state index is -0.425. The quantitative estimate of drug-likeness (QED) is 0.452. The summed E-state index contributed by atoms with van der Waals surface area (Å²) in [4.78, 5) is 17.3. The molecule has 3 aromatic carbocycles. The number of para-hydroxylation sites is 3. The Labute approximate surface area is 173 Å². The maximum absolute atomic E-state index is 12.6. The van der Waals surface area contributed by atoms with Crippen molar-refractivity contribution < 1.29 is 9.53 Å². The highest BCUT2D eigenvalue weighted by Crippen LogP contribution is 2.31. The second kappa shape index (κ2) is 8.32. The van der Waals surface area contributed by atoms with Gasteiger partial charge in [-0.25, -0.2) is 4.98 Å². The maximum Gasteiger partial charge on any atom is 0.246 e. The topological polar surface area (TPSA) is 63.2 Å². The number of anilines is 2. The number of fused-ring (bicyclic) bond motifs is 1. The summed E-state index contributed by atoms with van der Waals surface area (Å²) in [7, 11) is 1.58. The second-order valence-corrected chi connectivity index (χ2v) is 7.65. The lowest BCUT2D eigenvalue weighted by molar-refractivity contribution is -0.116. The highest BCUT2D eigenvalue weighted by molar-refractivity contribution is 7.21. The minimum Gasteiger partial charge on any atom is -0.495 e. The molecule has 1 amide bonds. The minimum absolute atomic E-state index is 0.139. The standard InChI is InChI=1S/C23H21N3O2S/c1-15(22(27)25-18-10-3-5-12-20(18)28-2)24-17-9-7-8-16(14-17)23-26-19-11-4-6-13-21(19)29-23/h3-15,24H,1-2H3,(H,25,27)/t15-/m1/s1. The van der Waals surface area contributed by atoms with Gasteiger partial charge in [0, 0.05) is 11.3 Å². The summed E-state index contributed by atoms with van der Waals surface area (Å²) in [6.45, 7) is 1.83. The molecule has 0 aliphatic heterocycles. The van der Waals surface area contributed by atoms with Crippen molar-refractivity contribution >= 4 is 38.8 Å². The largest absolute Gasteiger partial charge is 0.495 e. The Hall–Kier alpha value is -3.38. The van der Waals surface area contributed by atoms with Crippen molar-refractivity contribution in [1.29, 1.82) is 0 Å². The van der Waals surface area contributed by atoms with Gasteiger partial charge in [-0.05, 0) is 43.3 Å². The zero-order chi connectivity index (χ0) is 20.2. The lowest BCUT2D eigenvalue weighted by Crippen LogP contribution is -2.32. The van der Waals surface area contributed by atoms with Gasteiger partial charge >= 0.3 is 0 Å². The summed E-state index contributed by atoms with van der Waals surface area (Å²) in [5.41, 5.74) is 3.53. The molecule has 0 radical (unpaired) electrons. The summed E-state index contributed by atoms with van der Waals surface area (Å²) in [5.74, 6) is 0.491. The molecule has 0 spiro atoms. The fourth-order valence-electron chi connectivity index (χ4n) is 3.04. The van der Waals surface area contributed by atoms with E-state index in [0.29, 0.717) is 11.4 Å². The number of hydrogen-bond donors (Lipinski definition) is 2. The fourth-order valence-corrected chi connectivity index (χ4v) is 4.00. The first kappa shape index (κ1) is 19.0. The first-order chi connectivity index (χ1) is 14.1. The number of carbonyl (C=O) groups is 1. The molecule has 1 atom stereocenters. The fraction of sp³-hybridized carbons (Fsp3) is 0.130. The van der Waals surface area contributed by atoms with E-state index in [1.54, 1.807) is 18.4 Å². The Kier molecular flexibility index (Phi) is 5.44. The van der Waals surface area contributed by atoms with Crippen LogP contribution in [0.25, 0.3) is 20.8 Å². The van der Waals surface area contributed by atoms with Crippen LogP contribution in [0.4, 0.5) is 11.4 Å². The van der Waals surface area contributed by atoms with Gasteiger partial charge in [0.15, 0.2) is 0 Å². The van der Waals surface area contributed by atoms with Crippen molar-refractivity contribution in [2.45, 2.75) is 13.0 Å². The number of nitrogens with one attached hydrogen (secondary N) is 2. The molecule has 0 unspecified atom stereocenters. The highest BCUT2D eigenvalue weighted by atomic mass is 32.1. The summed E-state index contributed by atoms with van der Waals surface area (Å²) in [6, 6.07) is 23.0. The molecule has 6 heteroatoms. The molecular weight excluding hydrogens is 382 g/mol. The predicted octanol–water partition coefficient (Wildman–Crippen LogP) is 5.41. The van der Waals surface area contributed by atoms with E-state index in [-0.39, 0.29) is 5.91 Å². The Balaban J connectivity index is 1.49. The van der Waals surface area contributed by atoms with Crippen LogP contribution in [-0.4, -0.2) is 24.0 Å². The van der Waals surface area contributed by atoms with Crippen LogP contribution < -0.4 is 15.4 Å². The van der Waals surface area contributed by atoms with Crippen LogP contribution in [0.1, 0.15) is 6.92 Å². The van der Waals surface area contributed by atoms with Crippen molar-refractivity contribution in [2.24, 2.45) is 0 Å². The smallest absolute Gasteiger partial charge is 0.246 e. The number of rotatable bonds is 6. The van der Waals surface area contributed by atoms with E-state index in [4.69, 9.17) is 9.72 Å². The van der Waals surface area contributed by atoms with Crippen LogP contribution in [0.2, 0.25) is 0 Å². The molecule has 4 aromatic rings. The highest BCUT2D eigenvalue weighted by Gasteiger charge is 2.15. The van der Waals surface area contributed by atoms with Gasteiger partial charge in [0.2, 0.25) is 5.91 Å². The van der Waals surface area contributed by atoms with Gasteiger partial charge in [0.1, 0.15) is 16.8 Å². The Morgan fingerprint density at radius 1 is 1.03 bits per heavy atom. The van der Waals surface area contributed by atoms with E-state index in [2.05, 4.69) is 16.7 Å². The number of methoxy groups -OCH3 is 1. The molecule has 0 saturated heterocycles. The molecular formula is C23H21N3O2S. The number of ether oxygens (including phenoxy) is 1. The molecule has 2 N–H and O–H groups in total. The number of hydrogen-bond acceptors (Lipinski definition) is 5. The summed E-state index contributed by atoms with van der Waals surface area (Å²) < 4.78 is 6.45. The van der Waals surface area contributed by atoms with E-state index < -0.39 is 6.04 Å². The third kappa shape index (κ3) is 4.22. The number of amides is 1. The number of nitrogens with zero attached hydrogens (tertiary/aromatic N) is 1. The first-order valence-electron chi connectivity index (χ1n) is 9.30. The van der Waals surface area contributed by atoms with Gasteiger partial charge in [-0.1, -0.05) is 36.4 Å². The SMILES string of the molecule is COc1ccccc1NC(=O)[C@@H](C)Nc1cccc(-c2nc3ccccc3s2)c1. The zero-order valence-corrected chi connectivity index (χ0v) is 17.0. The van der Waals surface area contributed by atoms with E-state index in [1.807, 2.05) is 73.7 Å². The number of aromatic nitrogens is 1. The molecule has 0 saturated carbocycles. The molecule has 1 heterocycles. The Bertz CT molecular complexity index is 1120. The molecule has 0 bridgehead atoms. The molecule has 4 rings (SSSR count). The van der Waals surface area contributed by atoms with Crippen LogP contribution in [0.15, 0.2) is 72.8 Å². The predicted molar refractivity (Wildman–Crippen MR) is 120 cm³/mol. The van der Waals surface area contributed by atoms with Crippen LogP contribution in [0.3, 0.4) is 0 Å². The van der Waals surface area contributed by atoms with Crippen LogP contribution in [0.5, 0.6) is 5.75 Å². The molecule has 146 valence electrons. The second-order valence-electron chi connectivity index (χ2n) is 6.62. The van der Waals surface area contributed by atoms with E-state index in [0.717, 1.165) is 26.5 Å². The Morgan fingerprint density at radius 3 is 2.66 bits per heavy atom. The van der Waals surface area contributed by atoms with Gasteiger partial charge in [-0.15, -0.1) is 11.3 Å². The third-order valence-electron chi connectivity index (χ3n) is 4.54. The number of carbonyl (C=O) groups excluding carboxylic acids is 1. The molecule has 1 aromatic heterocycles. The molecule has 0 aliphatic carbocycles. The number of thiazole rings is 1. The summed E-state index contributed by atoms with van der Waals surface area (Å²) in [6.07, 6.45) is 0. The molecule has 29 heavy (non-hydrogen) atoms. The average molecular weight is 404 g/mol. The van der Waals surface area contributed by atoms with Crippen molar-refractivity contribution in [2.75, 3.05) is 17.7 Å². The van der Waals surface area contributed by atoms with Gasteiger partial charge in [-0.3, -0.25) is 4.79 Å². The van der Waals surface area contributed by atoms with Crippen molar-refractivity contribution in [3.8, 4) is 16.3 Å². The monoisotopic (exact) mass is 403 g/mol. The zero-order valence-electron chi connectivity index (χ0n) is 16.2. The normalized spacial score (nSPS) is 11.8. The van der Waals surface area contributed by atoms with Gasteiger partial charge in [0.25, 0.3) is 0 Å². The van der Waals surface area contributed by atoms with Gasteiger partial charge < -0.3 is 15.4 Å². The summed E-state index contributed by atoms with van der Waals surface area (Å²) in [5, 5.41) is 7.14. The van der Waals surface area contributed by atoms with Crippen LogP contribution >= 0.6 is 11.3 Å². The first-order valence-corrected chi connectivity index (χ1v) is 10.1. The van der Waals surface area contributed by atoms with Crippen molar-refractivity contribution in [1.82, 2.24) is 4.98 Å². The average Bonchev–Trinajstić information content (AvgIpc) is 3.18. The Morgan fingerprint density at radius 2 is 1.83 bits per heavy atom. The lowest BCUT2D eigenvalue weighted by Gasteiger charge is -2.17. The molecule has 0 aliphatic rings. The van der Waals surface area contributed by atoms with E-state index in [9.17, 15) is 4.79 Å². The lowest BCUT2D eigenvalue weighted by atomic mass is 10.2. The summed E-state index contributed by atoms with van der Waals surface area (Å²) >= 11 is 1.66. The molecule has 5 nitrogen and oxygen atoms in total. The third-order valence-corrected chi connectivity index (χ3v) is 5.63. The van der Waals surface area contributed by atoms with Gasteiger partial charge in [-0.2, -0.15) is 0 Å². The molecule has 0 fully saturated rings. The number of benzene rings is 3. The van der Waals surface area contributed by atoms with Crippen LogP contribution in [-0.2, 0) is 4.79 Å². The van der Waals surface area contributed by atoms with Crippen molar-refractivity contribution in [3.63, 3.8) is 0 Å². The maximum atomic E-state index is 12.6. The van der Waals surface area contributed by atoms with Crippen LogP contribution in [0, 0.1) is 0 Å². The van der Waals surface area contributed by atoms with Crippen molar-refractivity contribution in [3.05, 3.63) is 72.8 Å². The van der Waals surface area contributed by atoms with Gasteiger partial charge in [0.05, 0.1) is 23.0 Å². The van der Waals surface area contributed by atoms with E-state index in [1.165, 1.54) is 0 Å². The van der Waals surface area contributed by atoms with E-state index >= 15 is 0 Å².